The first-order valence-corrected chi connectivity index (χ1v) is 11.2. The smallest absolute Gasteiger partial charge is 0.258 e. The molecule has 7 heteroatoms. The zero-order valence-electron chi connectivity index (χ0n) is 19.7. The van der Waals surface area contributed by atoms with Crippen LogP contribution in [-0.4, -0.2) is 37.4 Å². The number of anilines is 3. The predicted octanol–water partition coefficient (Wildman–Crippen LogP) is 4.54. The van der Waals surface area contributed by atoms with Gasteiger partial charge in [0.1, 0.15) is 0 Å². The molecule has 0 heterocycles. The van der Waals surface area contributed by atoms with Crippen molar-refractivity contribution < 1.29 is 14.4 Å². The van der Waals surface area contributed by atoms with Crippen LogP contribution in [0.3, 0.4) is 0 Å². The second-order valence-electron chi connectivity index (χ2n) is 8.05. The first kappa shape index (κ1) is 24.5. The number of hydrogen-bond donors (Lipinski definition) is 3. The first-order valence-electron chi connectivity index (χ1n) is 11.2. The molecule has 34 heavy (non-hydrogen) atoms. The van der Waals surface area contributed by atoms with Crippen LogP contribution in [0, 0.1) is 0 Å². The van der Waals surface area contributed by atoms with Gasteiger partial charge in [0, 0.05) is 41.3 Å². The van der Waals surface area contributed by atoms with E-state index in [1.54, 1.807) is 60.5 Å². The van der Waals surface area contributed by atoms with Gasteiger partial charge in [0.15, 0.2) is 0 Å². The topological polar surface area (TPSA) is 90.5 Å². The van der Waals surface area contributed by atoms with E-state index in [0.29, 0.717) is 22.5 Å². The Morgan fingerprint density at radius 3 is 2.21 bits per heavy atom. The Kier molecular flexibility index (Phi) is 8.40. The van der Waals surface area contributed by atoms with Crippen LogP contribution in [0.5, 0.6) is 0 Å². The Morgan fingerprint density at radius 1 is 0.853 bits per heavy atom. The van der Waals surface area contributed by atoms with E-state index in [9.17, 15) is 14.4 Å². The SMILES string of the molecule is CCC(C)NC(=O)c1cccc(NC(=O)CNc2cccc(C(=O)N(C)c3ccccc3)c2)c1. The van der Waals surface area contributed by atoms with Gasteiger partial charge in [-0.2, -0.15) is 0 Å². The highest BCUT2D eigenvalue weighted by Gasteiger charge is 2.14. The summed E-state index contributed by atoms with van der Waals surface area (Å²) in [7, 11) is 1.72. The fourth-order valence-corrected chi connectivity index (χ4v) is 3.26. The normalized spacial score (nSPS) is 11.3. The Balaban J connectivity index is 1.58. The molecule has 0 saturated heterocycles. The average Bonchev–Trinajstić information content (AvgIpc) is 2.87. The lowest BCUT2D eigenvalue weighted by molar-refractivity contribution is -0.114. The Hall–Kier alpha value is -4.13. The monoisotopic (exact) mass is 458 g/mol. The molecule has 0 aliphatic carbocycles. The predicted molar refractivity (Wildman–Crippen MR) is 136 cm³/mol. The first-order chi connectivity index (χ1) is 16.4. The highest BCUT2D eigenvalue weighted by molar-refractivity contribution is 6.06. The van der Waals surface area contributed by atoms with Crippen molar-refractivity contribution in [3.05, 3.63) is 90.0 Å². The zero-order valence-corrected chi connectivity index (χ0v) is 19.7. The molecule has 0 radical (unpaired) electrons. The minimum absolute atomic E-state index is 0.00939. The molecule has 176 valence electrons. The second-order valence-corrected chi connectivity index (χ2v) is 8.05. The number of hydrogen-bond acceptors (Lipinski definition) is 4. The number of amides is 3. The number of nitrogens with zero attached hydrogens (tertiary/aromatic N) is 1. The third kappa shape index (κ3) is 6.68. The lowest BCUT2D eigenvalue weighted by Crippen LogP contribution is -2.32. The molecule has 3 aromatic rings. The number of carbonyl (C=O) groups is 3. The van der Waals surface area contributed by atoms with Crippen molar-refractivity contribution in [3.63, 3.8) is 0 Å². The minimum Gasteiger partial charge on any atom is -0.376 e. The van der Waals surface area contributed by atoms with Gasteiger partial charge in [-0.05, 0) is 61.9 Å². The van der Waals surface area contributed by atoms with Gasteiger partial charge in [0.2, 0.25) is 5.91 Å². The minimum atomic E-state index is -0.266. The molecule has 7 nitrogen and oxygen atoms in total. The lowest BCUT2D eigenvalue weighted by Gasteiger charge is -2.18. The van der Waals surface area contributed by atoms with E-state index in [2.05, 4.69) is 16.0 Å². The number of benzene rings is 3. The highest BCUT2D eigenvalue weighted by Crippen LogP contribution is 2.17. The summed E-state index contributed by atoms with van der Waals surface area (Å²) in [6.45, 7) is 3.95. The molecule has 1 atom stereocenters. The molecule has 0 spiro atoms. The van der Waals surface area contributed by atoms with E-state index in [-0.39, 0.29) is 30.3 Å². The van der Waals surface area contributed by atoms with Crippen molar-refractivity contribution in [2.24, 2.45) is 0 Å². The molecular weight excluding hydrogens is 428 g/mol. The highest BCUT2D eigenvalue weighted by atomic mass is 16.2. The summed E-state index contributed by atoms with van der Waals surface area (Å²) in [5, 5.41) is 8.75. The van der Waals surface area contributed by atoms with Crippen LogP contribution in [0.2, 0.25) is 0 Å². The molecule has 0 fully saturated rings. The average molecular weight is 459 g/mol. The van der Waals surface area contributed by atoms with Gasteiger partial charge in [-0.25, -0.2) is 0 Å². The van der Waals surface area contributed by atoms with Crippen LogP contribution in [0.4, 0.5) is 17.1 Å². The summed E-state index contributed by atoms with van der Waals surface area (Å²) < 4.78 is 0. The standard InChI is InChI=1S/C27H30N4O3/c1-4-19(2)29-26(33)20-10-8-13-23(16-20)30-25(32)18-28-22-12-9-11-21(17-22)27(34)31(3)24-14-6-5-7-15-24/h5-17,19,28H,4,18H2,1-3H3,(H,29,33)(H,30,32). The molecular formula is C27H30N4O3. The third-order valence-corrected chi connectivity index (χ3v) is 5.41. The lowest BCUT2D eigenvalue weighted by atomic mass is 10.1. The molecule has 1 unspecified atom stereocenters. The van der Waals surface area contributed by atoms with Crippen molar-refractivity contribution in [1.29, 1.82) is 0 Å². The molecule has 3 rings (SSSR count). The van der Waals surface area contributed by atoms with Crippen molar-refractivity contribution in [2.75, 3.05) is 29.1 Å². The van der Waals surface area contributed by atoms with E-state index < -0.39 is 0 Å². The maximum atomic E-state index is 12.8. The zero-order chi connectivity index (χ0) is 24.5. The van der Waals surface area contributed by atoms with Crippen LogP contribution >= 0.6 is 0 Å². The Labute approximate surface area is 200 Å². The second kappa shape index (κ2) is 11.7. The van der Waals surface area contributed by atoms with Crippen molar-refractivity contribution >= 4 is 34.8 Å². The number of carbonyl (C=O) groups excluding carboxylic acids is 3. The third-order valence-electron chi connectivity index (χ3n) is 5.41. The number of rotatable bonds is 9. The van der Waals surface area contributed by atoms with Crippen molar-refractivity contribution in [3.8, 4) is 0 Å². The number of nitrogens with one attached hydrogen (secondary N) is 3. The quantitative estimate of drug-likeness (QED) is 0.439. The molecule has 0 saturated carbocycles. The van der Waals surface area contributed by atoms with E-state index in [4.69, 9.17) is 0 Å². The van der Waals surface area contributed by atoms with E-state index in [1.807, 2.05) is 44.2 Å². The van der Waals surface area contributed by atoms with Crippen LogP contribution in [-0.2, 0) is 4.79 Å². The summed E-state index contributed by atoms with van der Waals surface area (Å²) >= 11 is 0. The van der Waals surface area contributed by atoms with Gasteiger partial charge >= 0.3 is 0 Å². The number of para-hydroxylation sites is 1. The van der Waals surface area contributed by atoms with E-state index >= 15 is 0 Å². The summed E-state index contributed by atoms with van der Waals surface area (Å²) in [4.78, 5) is 39.2. The van der Waals surface area contributed by atoms with E-state index in [0.717, 1.165) is 12.1 Å². The summed E-state index contributed by atoms with van der Waals surface area (Å²) in [6.07, 6.45) is 0.836. The fraction of sp³-hybridized carbons (Fsp3) is 0.222. The molecule has 0 bridgehead atoms. The van der Waals surface area contributed by atoms with Crippen molar-refractivity contribution in [2.45, 2.75) is 26.3 Å². The maximum Gasteiger partial charge on any atom is 0.258 e. The molecule has 0 aliphatic heterocycles. The summed E-state index contributed by atoms with van der Waals surface area (Å²) in [6, 6.07) is 23.3. The van der Waals surface area contributed by atoms with Gasteiger partial charge in [-0.3, -0.25) is 14.4 Å². The van der Waals surface area contributed by atoms with Crippen LogP contribution in [0.1, 0.15) is 41.0 Å². The molecule has 0 aliphatic rings. The fourth-order valence-electron chi connectivity index (χ4n) is 3.26. The largest absolute Gasteiger partial charge is 0.376 e. The van der Waals surface area contributed by atoms with Crippen LogP contribution in [0.15, 0.2) is 78.9 Å². The Morgan fingerprint density at radius 2 is 1.50 bits per heavy atom. The van der Waals surface area contributed by atoms with Crippen LogP contribution in [0.25, 0.3) is 0 Å². The summed E-state index contributed by atoms with van der Waals surface area (Å²) in [5.41, 5.74) is 2.99. The van der Waals surface area contributed by atoms with Gasteiger partial charge in [0.05, 0.1) is 6.54 Å². The molecule has 3 N–H and O–H groups in total. The summed E-state index contributed by atoms with van der Waals surface area (Å²) in [5.74, 6) is -0.588. The van der Waals surface area contributed by atoms with Gasteiger partial charge in [-0.15, -0.1) is 0 Å². The van der Waals surface area contributed by atoms with Gasteiger partial charge in [0.25, 0.3) is 11.8 Å². The van der Waals surface area contributed by atoms with Crippen molar-refractivity contribution in [1.82, 2.24) is 5.32 Å². The maximum absolute atomic E-state index is 12.8. The van der Waals surface area contributed by atoms with E-state index in [1.165, 1.54) is 0 Å². The van der Waals surface area contributed by atoms with Gasteiger partial charge in [-0.1, -0.05) is 37.3 Å². The molecule has 0 aromatic heterocycles. The van der Waals surface area contributed by atoms with Gasteiger partial charge < -0.3 is 20.9 Å². The molecule has 3 amide bonds. The molecule has 3 aromatic carbocycles. The van der Waals surface area contributed by atoms with Crippen LogP contribution < -0.4 is 20.9 Å². The Bertz CT molecular complexity index is 1150.